The van der Waals surface area contributed by atoms with E-state index in [0.717, 1.165) is 0 Å². The molecule has 0 saturated heterocycles. The van der Waals surface area contributed by atoms with Crippen LogP contribution in [0.25, 0.3) is 0 Å². The number of ether oxygens (including phenoxy) is 1. The lowest BCUT2D eigenvalue weighted by Crippen LogP contribution is -2.13. The first-order valence-corrected chi connectivity index (χ1v) is 3.43. The summed E-state index contributed by atoms with van der Waals surface area (Å²) in [4.78, 5) is 20.7. The molecule has 0 fully saturated rings. The summed E-state index contributed by atoms with van der Waals surface area (Å²) in [6.07, 6.45) is 0.556. The van der Waals surface area contributed by atoms with Gasteiger partial charge in [-0.1, -0.05) is 11.6 Å². The molecule has 3 N–H and O–H groups in total. The van der Waals surface area contributed by atoms with E-state index < -0.39 is 17.0 Å². The van der Waals surface area contributed by atoms with Crippen LogP contribution in [0.15, 0.2) is 11.1 Å². The lowest BCUT2D eigenvalue weighted by molar-refractivity contribution is -0.139. The third-order valence-corrected chi connectivity index (χ3v) is 1.06. The Morgan fingerprint density at radius 1 is 1.58 bits per heavy atom. The lowest BCUT2D eigenvalue weighted by atomic mass is 10.5. The van der Waals surface area contributed by atoms with Crippen molar-refractivity contribution in [2.75, 3.05) is 13.2 Å². The van der Waals surface area contributed by atoms with Gasteiger partial charge in [0.2, 0.25) is 0 Å². The number of carbonyl (C=O) groups is 2. The van der Waals surface area contributed by atoms with Crippen molar-refractivity contribution in [2.24, 2.45) is 5.73 Å². The molecule has 0 atom stereocenters. The minimum atomic E-state index is -1.30. The number of halogens is 1. The van der Waals surface area contributed by atoms with Crippen LogP contribution in [-0.4, -0.2) is 30.2 Å². The van der Waals surface area contributed by atoms with Gasteiger partial charge in [0.25, 0.3) is 0 Å². The predicted molar refractivity (Wildman–Crippen MR) is 41.6 cm³/mol. The Kier molecular flexibility index (Phi) is 5.07. The number of rotatable bonds is 4. The van der Waals surface area contributed by atoms with Crippen molar-refractivity contribution < 1.29 is 19.4 Å². The molecule has 12 heavy (non-hydrogen) atoms. The van der Waals surface area contributed by atoms with E-state index in [1.54, 1.807) is 0 Å². The summed E-state index contributed by atoms with van der Waals surface area (Å²) in [5.74, 6) is -2.19. The summed E-state index contributed by atoms with van der Waals surface area (Å²) < 4.78 is 4.43. The predicted octanol–water partition coefficient (Wildman–Crippen LogP) is -0.304. The van der Waals surface area contributed by atoms with Crippen molar-refractivity contribution in [2.45, 2.75) is 0 Å². The molecule has 0 aromatic heterocycles. The molecule has 0 aromatic carbocycles. The first-order valence-electron chi connectivity index (χ1n) is 3.05. The normalized spacial score (nSPS) is 11.0. The van der Waals surface area contributed by atoms with Crippen molar-refractivity contribution in [1.29, 1.82) is 0 Å². The number of carbonyl (C=O) groups excluding carboxylic acids is 1. The van der Waals surface area contributed by atoms with Gasteiger partial charge >= 0.3 is 11.9 Å². The van der Waals surface area contributed by atoms with Gasteiger partial charge in [-0.25, -0.2) is 9.59 Å². The first kappa shape index (κ1) is 10.9. The topological polar surface area (TPSA) is 89.6 Å². The largest absolute Gasteiger partial charge is 0.478 e. The maximum Gasteiger partial charge on any atom is 0.350 e. The van der Waals surface area contributed by atoms with Gasteiger partial charge in [0.05, 0.1) is 0 Å². The number of nitrogens with two attached hydrogens (primary N) is 1. The van der Waals surface area contributed by atoms with Crippen LogP contribution in [-0.2, 0) is 14.3 Å². The monoisotopic (exact) mass is 193 g/mol. The van der Waals surface area contributed by atoms with Crippen LogP contribution in [0.4, 0.5) is 0 Å². The summed E-state index contributed by atoms with van der Waals surface area (Å²) in [6, 6.07) is 0. The zero-order valence-corrected chi connectivity index (χ0v) is 6.87. The van der Waals surface area contributed by atoms with Gasteiger partial charge in [0, 0.05) is 12.6 Å². The Bertz CT molecular complexity index is 214. The van der Waals surface area contributed by atoms with E-state index in [0.29, 0.717) is 6.08 Å². The Balaban J connectivity index is 4.01. The second kappa shape index (κ2) is 5.56. The summed E-state index contributed by atoms with van der Waals surface area (Å²) in [5.41, 5.74) is 5.02. The van der Waals surface area contributed by atoms with Gasteiger partial charge in [0.15, 0.2) is 0 Å². The highest BCUT2D eigenvalue weighted by Crippen LogP contribution is 2.02. The first-order chi connectivity index (χ1) is 5.57. The third-order valence-electron chi connectivity index (χ3n) is 0.796. The number of carboxylic acids is 1. The van der Waals surface area contributed by atoms with E-state index in [9.17, 15) is 9.59 Å². The highest BCUT2D eigenvalue weighted by Gasteiger charge is 2.08. The highest BCUT2D eigenvalue weighted by molar-refractivity contribution is 6.42. The summed E-state index contributed by atoms with van der Waals surface area (Å²) >= 11 is 5.23. The van der Waals surface area contributed by atoms with Crippen molar-refractivity contribution in [3.63, 3.8) is 0 Å². The van der Waals surface area contributed by atoms with Crippen LogP contribution in [0, 0.1) is 0 Å². The molecule has 0 aliphatic rings. The molecular formula is C6H8ClNO4. The molecule has 6 heteroatoms. The zero-order chi connectivity index (χ0) is 9.56. The van der Waals surface area contributed by atoms with E-state index >= 15 is 0 Å². The Labute approximate surface area is 73.7 Å². The van der Waals surface area contributed by atoms with Crippen LogP contribution in [0.3, 0.4) is 0 Å². The van der Waals surface area contributed by atoms with Crippen molar-refractivity contribution in [3.05, 3.63) is 11.1 Å². The number of hydrogen-bond donors (Lipinski definition) is 2. The maximum atomic E-state index is 10.7. The number of carboxylic acid groups (broad SMARTS) is 1. The fraction of sp³-hybridized carbons (Fsp3) is 0.333. The molecule has 0 bridgehead atoms. The number of esters is 1. The SMILES string of the molecule is NCCOC(=O)/C(Cl)=C\C(=O)O. The van der Waals surface area contributed by atoms with E-state index in [1.165, 1.54) is 0 Å². The van der Waals surface area contributed by atoms with Crippen LogP contribution in [0.5, 0.6) is 0 Å². The smallest absolute Gasteiger partial charge is 0.350 e. The highest BCUT2D eigenvalue weighted by atomic mass is 35.5. The molecular weight excluding hydrogens is 186 g/mol. The quantitative estimate of drug-likeness (QED) is 0.473. The Morgan fingerprint density at radius 2 is 2.17 bits per heavy atom. The fourth-order valence-corrected chi connectivity index (χ4v) is 0.536. The molecule has 5 nitrogen and oxygen atoms in total. The van der Waals surface area contributed by atoms with Crippen LogP contribution in [0.1, 0.15) is 0 Å². The van der Waals surface area contributed by atoms with Gasteiger partial charge in [-0.2, -0.15) is 0 Å². The molecule has 0 aromatic rings. The van der Waals surface area contributed by atoms with E-state index in [4.69, 9.17) is 22.4 Å². The Morgan fingerprint density at radius 3 is 2.58 bits per heavy atom. The van der Waals surface area contributed by atoms with E-state index in [1.807, 2.05) is 0 Å². The average Bonchev–Trinajstić information content (AvgIpc) is 1.98. The molecule has 0 spiro atoms. The molecule has 0 rings (SSSR count). The minimum absolute atomic E-state index is 0.0164. The van der Waals surface area contributed by atoms with Crippen molar-refractivity contribution in [3.8, 4) is 0 Å². The van der Waals surface area contributed by atoms with Crippen molar-refractivity contribution in [1.82, 2.24) is 0 Å². The minimum Gasteiger partial charge on any atom is -0.478 e. The second-order valence-electron chi connectivity index (χ2n) is 1.76. The van der Waals surface area contributed by atoms with Crippen molar-refractivity contribution >= 4 is 23.5 Å². The van der Waals surface area contributed by atoms with Gasteiger partial charge in [-0.15, -0.1) is 0 Å². The molecule has 0 heterocycles. The van der Waals surface area contributed by atoms with E-state index in [2.05, 4.69) is 4.74 Å². The van der Waals surface area contributed by atoms with Gasteiger partial charge in [0.1, 0.15) is 11.6 Å². The molecule has 0 radical (unpaired) electrons. The average molecular weight is 194 g/mol. The van der Waals surface area contributed by atoms with Crippen LogP contribution < -0.4 is 5.73 Å². The van der Waals surface area contributed by atoms with Gasteiger partial charge in [-0.3, -0.25) is 0 Å². The molecule has 0 aliphatic carbocycles. The molecule has 0 amide bonds. The molecule has 0 aliphatic heterocycles. The number of hydrogen-bond acceptors (Lipinski definition) is 4. The summed E-state index contributed by atoms with van der Waals surface area (Å²) in [7, 11) is 0. The molecule has 0 saturated carbocycles. The zero-order valence-electron chi connectivity index (χ0n) is 6.12. The summed E-state index contributed by atoms with van der Waals surface area (Å²) in [5, 5.41) is 7.69. The fourth-order valence-electron chi connectivity index (χ4n) is 0.388. The maximum absolute atomic E-state index is 10.7. The van der Waals surface area contributed by atoms with E-state index in [-0.39, 0.29) is 13.2 Å². The number of aliphatic carboxylic acids is 1. The molecule has 68 valence electrons. The van der Waals surface area contributed by atoms with Crippen LogP contribution >= 0.6 is 11.6 Å². The van der Waals surface area contributed by atoms with Gasteiger partial charge < -0.3 is 15.6 Å². The second-order valence-corrected chi connectivity index (χ2v) is 2.16. The standard InChI is InChI=1S/C6H8ClNO4/c7-4(3-5(9)10)6(11)12-2-1-8/h3H,1-2,8H2,(H,9,10)/b4-3+. The lowest BCUT2D eigenvalue weighted by Gasteiger charge is -1.99. The van der Waals surface area contributed by atoms with Crippen LogP contribution in [0.2, 0.25) is 0 Å². The Hall–Kier alpha value is -1.07. The van der Waals surface area contributed by atoms with Gasteiger partial charge in [-0.05, 0) is 0 Å². The molecule has 0 unspecified atom stereocenters. The summed E-state index contributed by atoms with van der Waals surface area (Å²) in [6.45, 7) is 0.186. The third kappa shape index (κ3) is 4.70.